The number of aliphatic hydroxyl groups is 1. The Kier molecular flexibility index (Phi) is 2.84. The van der Waals surface area contributed by atoms with Gasteiger partial charge in [0.25, 0.3) is 0 Å². The van der Waals surface area contributed by atoms with Gasteiger partial charge in [-0.05, 0) is 19.8 Å². The maximum Gasteiger partial charge on any atom is 0.122 e. The van der Waals surface area contributed by atoms with Crippen molar-refractivity contribution in [2.45, 2.75) is 25.4 Å². The van der Waals surface area contributed by atoms with Gasteiger partial charge in [0.2, 0.25) is 0 Å². The molecule has 0 aromatic carbocycles. The van der Waals surface area contributed by atoms with Crippen molar-refractivity contribution in [2.75, 3.05) is 26.2 Å². The van der Waals surface area contributed by atoms with Crippen molar-refractivity contribution in [1.29, 1.82) is 0 Å². The van der Waals surface area contributed by atoms with Crippen LogP contribution in [-0.4, -0.2) is 41.9 Å². The summed E-state index contributed by atoms with van der Waals surface area (Å²) in [5.41, 5.74) is -0.991. The van der Waals surface area contributed by atoms with Crippen LogP contribution in [0.25, 0.3) is 0 Å². The van der Waals surface area contributed by atoms with Crippen molar-refractivity contribution in [3.63, 3.8) is 0 Å². The molecule has 0 radical (unpaired) electrons. The van der Waals surface area contributed by atoms with E-state index in [9.17, 15) is 4.39 Å². The second-order valence-corrected chi connectivity index (χ2v) is 3.52. The van der Waals surface area contributed by atoms with E-state index >= 15 is 0 Å². The van der Waals surface area contributed by atoms with Gasteiger partial charge in [-0.1, -0.05) is 0 Å². The standard InChI is InChI=1S/C8H16FNO/c1-8(9)3-5-10(7-8)4-2-6-11/h11H,2-7H2,1H3. The Morgan fingerprint density at radius 2 is 2.36 bits per heavy atom. The highest BCUT2D eigenvalue weighted by Crippen LogP contribution is 2.24. The molecule has 1 aliphatic rings. The first-order valence-electron chi connectivity index (χ1n) is 4.16. The highest BCUT2D eigenvalue weighted by atomic mass is 19.1. The Hall–Kier alpha value is -0.150. The van der Waals surface area contributed by atoms with Crippen LogP contribution in [0, 0.1) is 0 Å². The summed E-state index contributed by atoms with van der Waals surface area (Å²) in [4.78, 5) is 2.07. The maximum atomic E-state index is 13.2. The van der Waals surface area contributed by atoms with E-state index in [0.29, 0.717) is 13.0 Å². The SMILES string of the molecule is CC1(F)CCN(CCCO)C1. The van der Waals surface area contributed by atoms with Crippen LogP contribution in [-0.2, 0) is 0 Å². The molecule has 0 aromatic heterocycles. The molecule has 0 spiro atoms. The van der Waals surface area contributed by atoms with E-state index in [1.165, 1.54) is 0 Å². The highest BCUT2D eigenvalue weighted by Gasteiger charge is 2.32. The summed E-state index contributed by atoms with van der Waals surface area (Å²) < 4.78 is 13.2. The number of nitrogens with zero attached hydrogens (tertiary/aromatic N) is 1. The molecule has 66 valence electrons. The summed E-state index contributed by atoms with van der Waals surface area (Å²) >= 11 is 0. The first-order chi connectivity index (χ1) is 5.14. The number of halogens is 1. The number of alkyl halides is 1. The molecule has 1 fully saturated rings. The van der Waals surface area contributed by atoms with E-state index in [2.05, 4.69) is 4.90 Å². The van der Waals surface area contributed by atoms with E-state index in [0.717, 1.165) is 19.5 Å². The molecule has 0 bridgehead atoms. The van der Waals surface area contributed by atoms with Gasteiger partial charge in [-0.15, -0.1) is 0 Å². The smallest absolute Gasteiger partial charge is 0.122 e. The van der Waals surface area contributed by atoms with Crippen molar-refractivity contribution in [3.8, 4) is 0 Å². The predicted molar refractivity (Wildman–Crippen MR) is 42.3 cm³/mol. The van der Waals surface area contributed by atoms with Gasteiger partial charge in [0, 0.05) is 26.2 Å². The van der Waals surface area contributed by atoms with Crippen LogP contribution >= 0.6 is 0 Å². The maximum absolute atomic E-state index is 13.2. The molecule has 0 amide bonds. The molecule has 0 aliphatic carbocycles. The van der Waals surface area contributed by atoms with Gasteiger partial charge in [-0.3, -0.25) is 4.90 Å². The summed E-state index contributed by atoms with van der Waals surface area (Å²) in [5, 5.41) is 8.54. The Morgan fingerprint density at radius 3 is 2.82 bits per heavy atom. The van der Waals surface area contributed by atoms with Gasteiger partial charge in [0.15, 0.2) is 0 Å². The van der Waals surface area contributed by atoms with Gasteiger partial charge < -0.3 is 5.11 Å². The van der Waals surface area contributed by atoms with Crippen LogP contribution in [0.3, 0.4) is 0 Å². The third-order valence-corrected chi connectivity index (χ3v) is 2.14. The largest absolute Gasteiger partial charge is 0.396 e. The normalized spacial score (nSPS) is 33.0. The van der Waals surface area contributed by atoms with Crippen LogP contribution in [0.5, 0.6) is 0 Å². The molecule has 1 aliphatic heterocycles. The van der Waals surface area contributed by atoms with Crippen LogP contribution in [0.15, 0.2) is 0 Å². The highest BCUT2D eigenvalue weighted by molar-refractivity contribution is 4.86. The number of hydrogen-bond acceptors (Lipinski definition) is 2. The van der Waals surface area contributed by atoms with Crippen molar-refractivity contribution in [3.05, 3.63) is 0 Å². The van der Waals surface area contributed by atoms with Gasteiger partial charge in [-0.25, -0.2) is 4.39 Å². The van der Waals surface area contributed by atoms with Crippen LogP contribution < -0.4 is 0 Å². The molecule has 1 N–H and O–H groups in total. The Labute approximate surface area is 67.0 Å². The molecule has 0 saturated carbocycles. The lowest BCUT2D eigenvalue weighted by Gasteiger charge is -2.15. The molecule has 1 heterocycles. The minimum Gasteiger partial charge on any atom is -0.396 e. The van der Waals surface area contributed by atoms with Crippen LogP contribution in [0.4, 0.5) is 4.39 Å². The Morgan fingerprint density at radius 1 is 1.64 bits per heavy atom. The molecular weight excluding hydrogens is 145 g/mol. The molecular formula is C8H16FNO. The van der Waals surface area contributed by atoms with Gasteiger partial charge >= 0.3 is 0 Å². The lowest BCUT2D eigenvalue weighted by molar-refractivity contribution is 0.181. The van der Waals surface area contributed by atoms with E-state index in [-0.39, 0.29) is 6.61 Å². The van der Waals surface area contributed by atoms with Gasteiger partial charge in [-0.2, -0.15) is 0 Å². The van der Waals surface area contributed by atoms with Crippen LogP contribution in [0.2, 0.25) is 0 Å². The zero-order valence-corrected chi connectivity index (χ0v) is 7.02. The first kappa shape index (κ1) is 8.94. The minimum atomic E-state index is -0.991. The van der Waals surface area contributed by atoms with Crippen molar-refractivity contribution in [1.82, 2.24) is 4.90 Å². The quantitative estimate of drug-likeness (QED) is 0.662. The Balaban J connectivity index is 2.20. The zero-order valence-electron chi connectivity index (χ0n) is 7.02. The third kappa shape index (κ3) is 2.75. The summed E-state index contributed by atoms with van der Waals surface area (Å²) in [5.74, 6) is 0. The molecule has 0 aromatic rings. The molecule has 1 rings (SSSR count). The molecule has 2 nitrogen and oxygen atoms in total. The fraction of sp³-hybridized carbons (Fsp3) is 1.00. The van der Waals surface area contributed by atoms with Gasteiger partial charge in [0.1, 0.15) is 5.67 Å². The summed E-state index contributed by atoms with van der Waals surface area (Å²) in [7, 11) is 0. The Bertz CT molecular complexity index is 127. The van der Waals surface area contributed by atoms with E-state index in [1.807, 2.05) is 0 Å². The zero-order chi connectivity index (χ0) is 8.32. The van der Waals surface area contributed by atoms with Gasteiger partial charge in [0.05, 0.1) is 0 Å². The second kappa shape index (κ2) is 3.50. The lowest BCUT2D eigenvalue weighted by Crippen LogP contribution is -2.27. The molecule has 1 atom stereocenters. The fourth-order valence-electron chi connectivity index (χ4n) is 1.50. The summed E-state index contributed by atoms with van der Waals surface area (Å²) in [6, 6.07) is 0. The summed E-state index contributed by atoms with van der Waals surface area (Å²) in [6.07, 6.45) is 1.40. The van der Waals surface area contributed by atoms with Crippen molar-refractivity contribution >= 4 is 0 Å². The van der Waals surface area contributed by atoms with Crippen LogP contribution in [0.1, 0.15) is 19.8 Å². The monoisotopic (exact) mass is 161 g/mol. The minimum absolute atomic E-state index is 0.208. The average molecular weight is 161 g/mol. The second-order valence-electron chi connectivity index (χ2n) is 3.52. The first-order valence-corrected chi connectivity index (χ1v) is 4.16. The summed E-state index contributed by atoms with van der Waals surface area (Å²) in [6.45, 7) is 4.06. The topological polar surface area (TPSA) is 23.5 Å². The van der Waals surface area contributed by atoms with E-state index in [1.54, 1.807) is 6.92 Å². The number of aliphatic hydroxyl groups excluding tert-OH is 1. The lowest BCUT2D eigenvalue weighted by atomic mass is 10.1. The average Bonchev–Trinajstić information content (AvgIpc) is 2.26. The molecule has 11 heavy (non-hydrogen) atoms. The van der Waals surface area contributed by atoms with Crippen molar-refractivity contribution in [2.24, 2.45) is 0 Å². The molecule has 1 saturated heterocycles. The van der Waals surface area contributed by atoms with Crippen molar-refractivity contribution < 1.29 is 9.50 Å². The van der Waals surface area contributed by atoms with E-state index in [4.69, 9.17) is 5.11 Å². The predicted octanol–water partition coefficient (Wildman–Crippen LogP) is 0.803. The number of hydrogen-bond donors (Lipinski definition) is 1. The molecule has 3 heteroatoms. The molecule has 1 unspecified atom stereocenters. The number of rotatable bonds is 3. The fourth-order valence-corrected chi connectivity index (χ4v) is 1.50. The third-order valence-electron chi connectivity index (χ3n) is 2.14. The van der Waals surface area contributed by atoms with E-state index < -0.39 is 5.67 Å². The number of likely N-dealkylation sites (tertiary alicyclic amines) is 1.